The molecule has 1 aromatic rings. The van der Waals surface area contributed by atoms with Crippen LogP contribution in [0.1, 0.15) is 41.6 Å². The van der Waals surface area contributed by atoms with Gasteiger partial charge in [0.2, 0.25) is 0 Å². The second kappa shape index (κ2) is 5.97. The predicted octanol–water partition coefficient (Wildman–Crippen LogP) is 2.82. The molecular formula is C15H21NO. The molecule has 2 heteroatoms. The Morgan fingerprint density at radius 2 is 2.12 bits per heavy atom. The molecule has 0 heterocycles. The topological polar surface area (TPSA) is 29.1 Å². The number of ketones is 1. The van der Waals surface area contributed by atoms with E-state index in [-0.39, 0.29) is 0 Å². The van der Waals surface area contributed by atoms with Crippen LogP contribution in [0.25, 0.3) is 0 Å². The maximum absolute atomic E-state index is 12.1. The fourth-order valence-corrected chi connectivity index (χ4v) is 2.15. The SMILES string of the molecule is CNCCc1ccccc1C(=O)CCC1CC1. The van der Waals surface area contributed by atoms with E-state index >= 15 is 0 Å². The smallest absolute Gasteiger partial charge is 0.163 e. The van der Waals surface area contributed by atoms with Gasteiger partial charge in [-0.25, -0.2) is 0 Å². The highest BCUT2D eigenvalue weighted by Gasteiger charge is 2.22. The normalized spacial score (nSPS) is 14.9. The predicted molar refractivity (Wildman–Crippen MR) is 70.4 cm³/mol. The fraction of sp³-hybridized carbons (Fsp3) is 0.533. The number of Topliss-reactive ketones (excluding diaryl/α,β-unsaturated/α-hetero) is 1. The van der Waals surface area contributed by atoms with Crippen molar-refractivity contribution in [1.29, 1.82) is 0 Å². The maximum Gasteiger partial charge on any atom is 0.163 e. The summed E-state index contributed by atoms with van der Waals surface area (Å²) in [4.78, 5) is 12.1. The molecule has 0 saturated heterocycles. The molecule has 1 aliphatic rings. The van der Waals surface area contributed by atoms with E-state index in [1.165, 1.54) is 18.4 Å². The van der Waals surface area contributed by atoms with Crippen molar-refractivity contribution in [3.05, 3.63) is 35.4 Å². The number of hydrogen-bond donors (Lipinski definition) is 1. The lowest BCUT2D eigenvalue weighted by atomic mass is 9.98. The van der Waals surface area contributed by atoms with Crippen molar-refractivity contribution >= 4 is 5.78 Å². The van der Waals surface area contributed by atoms with E-state index in [0.29, 0.717) is 5.78 Å². The van der Waals surface area contributed by atoms with E-state index in [9.17, 15) is 4.79 Å². The molecule has 2 rings (SSSR count). The molecule has 2 nitrogen and oxygen atoms in total. The Morgan fingerprint density at radius 1 is 1.35 bits per heavy atom. The minimum atomic E-state index is 0.323. The molecule has 0 atom stereocenters. The Bertz CT molecular complexity index is 382. The van der Waals surface area contributed by atoms with E-state index in [1.54, 1.807) is 0 Å². The summed E-state index contributed by atoms with van der Waals surface area (Å²) in [6.45, 7) is 0.924. The fourth-order valence-electron chi connectivity index (χ4n) is 2.15. The van der Waals surface area contributed by atoms with E-state index in [1.807, 2.05) is 25.2 Å². The van der Waals surface area contributed by atoms with Crippen molar-refractivity contribution in [3.63, 3.8) is 0 Å². The highest BCUT2D eigenvalue weighted by atomic mass is 16.1. The molecule has 1 aliphatic carbocycles. The molecule has 0 aromatic heterocycles. The molecule has 0 spiro atoms. The first-order valence-corrected chi connectivity index (χ1v) is 6.57. The van der Waals surface area contributed by atoms with Crippen LogP contribution in [-0.4, -0.2) is 19.4 Å². The highest BCUT2D eigenvalue weighted by molar-refractivity contribution is 5.97. The van der Waals surface area contributed by atoms with Crippen LogP contribution in [0.3, 0.4) is 0 Å². The van der Waals surface area contributed by atoms with Gasteiger partial charge in [0.05, 0.1) is 0 Å². The van der Waals surface area contributed by atoms with Gasteiger partial charge in [0.25, 0.3) is 0 Å². The number of rotatable bonds is 7. The quantitative estimate of drug-likeness (QED) is 0.731. The summed E-state index contributed by atoms with van der Waals surface area (Å²) in [6, 6.07) is 8.03. The monoisotopic (exact) mass is 231 g/mol. The van der Waals surface area contributed by atoms with Gasteiger partial charge < -0.3 is 5.32 Å². The first-order chi connectivity index (χ1) is 8.31. The molecule has 0 amide bonds. The molecule has 1 saturated carbocycles. The zero-order chi connectivity index (χ0) is 12.1. The van der Waals surface area contributed by atoms with Gasteiger partial charge in [0.15, 0.2) is 5.78 Å². The maximum atomic E-state index is 12.1. The van der Waals surface area contributed by atoms with Crippen molar-refractivity contribution in [1.82, 2.24) is 5.32 Å². The van der Waals surface area contributed by atoms with Crippen LogP contribution in [0.15, 0.2) is 24.3 Å². The second-order valence-corrected chi connectivity index (χ2v) is 4.92. The van der Waals surface area contributed by atoms with Gasteiger partial charge in [-0.05, 0) is 37.9 Å². The summed E-state index contributed by atoms with van der Waals surface area (Å²) >= 11 is 0. The van der Waals surface area contributed by atoms with Crippen LogP contribution in [0, 0.1) is 5.92 Å². The summed E-state index contributed by atoms with van der Waals surface area (Å²) in [5, 5.41) is 3.13. The second-order valence-electron chi connectivity index (χ2n) is 4.92. The van der Waals surface area contributed by atoms with Crippen molar-refractivity contribution in [2.75, 3.05) is 13.6 Å². The van der Waals surface area contributed by atoms with Crippen LogP contribution >= 0.6 is 0 Å². The zero-order valence-electron chi connectivity index (χ0n) is 10.5. The van der Waals surface area contributed by atoms with Crippen LogP contribution < -0.4 is 5.32 Å². The van der Waals surface area contributed by atoms with Crippen LogP contribution in [0.2, 0.25) is 0 Å². The minimum Gasteiger partial charge on any atom is -0.319 e. The zero-order valence-corrected chi connectivity index (χ0v) is 10.5. The molecule has 92 valence electrons. The molecule has 0 aliphatic heterocycles. The Morgan fingerprint density at radius 3 is 2.82 bits per heavy atom. The Balaban J connectivity index is 1.98. The molecule has 1 aromatic carbocycles. The molecule has 0 radical (unpaired) electrons. The molecular weight excluding hydrogens is 210 g/mol. The lowest BCUT2D eigenvalue weighted by molar-refractivity contribution is 0.0977. The summed E-state index contributed by atoms with van der Waals surface area (Å²) in [7, 11) is 1.94. The van der Waals surface area contributed by atoms with Gasteiger partial charge in [-0.1, -0.05) is 37.1 Å². The van der Waals surface area contributed by atoms with E-state index in [2.05, 4.69) is 11.4 Å². The van der Waals surface area contributed by atoms with Gasteiger partial charge in [-0.2, -0.15) is 0 Å². The van der Waals surface area contributed by atoms with Crippen molar-refractivity contribution in [3.8, 4) is 0 Å². The van der Waals surface area contributed by atoms with Crippen molar-refractivity contribution in [2.24, 2.45) is 5.92 Å². The third kappa shape index (κ3) is 3.67. The molecule has 1 N–H and O–H groups in total. The van der Waals surface area contributed by atoms with E-state index < -0.39 is 0 Å². The number of likely N-dealkylation sites (N-methyl/N-ethyl adjacent to an activating group) is 1. The summed E-state index contributed by atoms with van der Waals surface area (Å²) < 4.78 is 0. The highest BCUT2D eigenvalue weighted by Crippen LogP contribution is 2.34. The third-order valence-electron chi connectivity index (χ3n) is 3.44. The minimum absolute atomic E-state index is 0.323. The number of carbonyl (C=O) groups is 1. The molecule has 0 unspecified atom stereocenters. The summed E-state index contributed by atoms with van der Waals surface area (Å²) in [6.07, 6.45) is 5.39. The number of benzene rings is 1. The third-order valence-corrected chi connectivity index (χ3v) is 3.44. The number of nitrogens with one attached hydrogen (secondary N) is 1. The summed E-state index contributed by atoms with van der Waals surface area (Å²) in [5.74, 6) is 1.16. The standard InChI is InChI=1S/C15H21NO/c1-16-11-10-13-4-2-3-5-14(13)15(17)9-8-12-6-7-12/h2-5,12,16H,6-11H2,1H3. The average Bonchev–Trinajstić information content (AvgIpc) is 3.18. The van der Waals surface area contributed by atoms with E-state index in [0.717, 1.165) is 37.3 Å². The van der Waals surface area contributed by atoms with Gasteiger partial charge >= 0.3 is 0 Å². The molecule has 0 bridgehead atoms. The Hall–Kier alpha value is -1.15. The number of carbonyl (C=O) groups excluding carboxylic acids is 1. The first kappa shape index (κ1) is 12.3. The largest absolute Gasteiger partial charge is 0.319 e. The summed E-state index contributed by atoms with van der Waals surface area (Å²) in [5.41, 5.74) is 2.12. The molecule has 17 heavy (non-hydrogen) atoms. The number of hydrogen-bond acceptors (Lipinski definition) is 2. The Kier molecular flexibility index (Phi) is 4.32. The lowest BCUT2D eigenvalue weighted by Crippen LogP contribution is -2.13. The Labute approximate surface area is 103 Å². The van der Waals surface area contributed by atoms with Crippen molar-refractivity contribution in [2.45, 2.75) is 32.1 Å². The average molecular weight is 231 g/mol. The van der Waals surface area contributed by atoms with Crippen LogP contribution in [-0.2, 0) is 6.42 Å². The first-order valence-electron chi connectivity index (χ1n) is 6.57. The van der Waals surface area contributed by atoms with E-state index in [4.69, 9.17) is 0 Å². The van der Waals surface area contributed by atoms with Gasteiger partial charge in [0, 0.05) is 12.0 Å². The van der Waals surface area contributed by atoms with Crippen LogP contribution in [0.4, 0.5) is 0 Å². The van der Waals surface area contributed by atoms with Crippen LogP contribution in [0.5, 0.6) is 0 Å². The molecule has 1 fully saturated rings. The van der Waals surface area contributed by atoms with Gasteiger partial charge in [-0.15, -0.1) is 0 Å². The van der Waals surface area contributed by atoms with Gasteiger partial charge in [0.1, 0.15) is 0 Å². The van der Waals surface area contributed by atoms with Crippen molar-refractivity contribution < 1.29 is 4.79 Å². The van der Waals surface area contributed by atoms with Gasteiger partial charge in [-0.3, -0.25) is 4.79 Å². The lowest BCUT2D eigenvalue weighted by Gasteiger charge is -2.08.